The second kappa shape index (κ2) is 7.03. The normalized spacial score (nSPS) is 28.3. The number of piperidine rings is 1. The predicted molar refractivity (Wildman–Crippen MR) is 105 cm³/mol. The molecule has 0 unspecified atom stereocenters. The third kappa shape index (κ3) is 3.32. The van der Waals surface area contributed by atoms with Gasteiger partial charge in [-0.15, -0.1) is 0 Å². The fourth-order valence-electron chi connectivity index (χ4n) is 5.25. The minimum atomic E-state index is -0.157. The molecule has 0 saturated carbocycles. The van der Waals surface area contributed by atoms with Gasteiger partial charge in [-0.2, -0.15) is 0 Å². The van der Waals surface area contributed by atoms with Gasteiger partial charge in [0.1, 0.15) is 5.82 Å². The third-order valence-corrected chi connectivity index (χ3v) is 6.81. The molecule has 0 spiro atoms. The Hall–Kier alpha value is -1.71. The summed E-state index contributed by atoms with van der Waals surface area (Å²) in [4.78, 5) is 2.56. The van der Waals surface area contributed by atoms with E-state index in [1.165, 1.54) is 42.6 Å². The first-order valence-corrected chi connectivity index (χ1v) is 10.4. The van der Waals surface area contributed by atoms with Gasteiger partial charge in [-0.3, -0.25) is 0 Å². The molecule has 2 heterocycles. The first kappa shape index (κ1) is 17.4. The zero-order valence-electron chi connectivity index (χ0n) is 16.0. The van der Waals surface area contributed by atoms with Crippen molar-refractivity contribution in [3.05, 3.63) is 70.5 Å². The Bertz CT molecular complexity index is 827. The average molecular weight is 365 g/mol. The first-order chi connectivity index (χ1) is 13.2. The van der Waals surface area contributed by atoms with Crippen LogP contribution >= 0.6 is 0 Å². The van der Waals surface area contributed by atoms with Crippen LogP contribution in [0, 0.1) is 11.7 Å². The molecule has 3 atom stereocenters. The van der Waals surface area contributed by atoms with Crippen LogP contribution in [-0.4, -0.2) is 30.6 Å². The van der Waals surface area contributed by atoms with E-state index in [9.17, 15) is 4.39 Å². The molecular formula is C24H28FNO. The molecule has 5 rings (SSSR count). The van der Waals surface area contributed by atoms with Crippen LogP contribution in [0.4, 0.5) is 4.39 Å². The van der Waals surface area contributed by atoms with Crippen molar-refractivity contribution in [2.45, 2.75) is 50.7 Å². The highest BCUT2D eigenvalue weighted by molar-refractivity contribution is 5.45. The Labute approximate surface area is 161 Å². The number of rotatable bonds is 2. The molecule has 27 heavy (non-hydrogen) atoms. The molecule has 0 radical (unpaired) electrons. The summed E-state index contributed by atoms with van der Waals surface area (Å²) >= 11 is 0. The predicted octanol–water partition coefficient (Wildman–Crippen LogP) is 5.08. The van der Waals surface area contributed by atoms with Gasteiger partial charge < -0.3 is 9.64 Å². The lowest BCUT2D eigenvalue weighted by atomic mass is 9.87. The number of hydrogen-bond acceptors (Lipinski definition) is 2. The van der Waals surface area contributed by atoms with Crippen molar-refractivity contribution in [1.82, 2.24) is 4.90 Å². The van der Waals surface area contributed by atoms with E-state index in [-0.39, 0.29) is 18.0 Å². The molecule has 2 nitrogen and oxygen atoms in total. The Morgan fingerprint density at radius 1 is 1.04 bits per heavy atom. The minimum Gasteiger partial charge on any atom is -0.368 e. The first-order valence-electron chi connectivity index (χ1n) is 10.4. The number of hydrogen-bond donors (Lipinski definition) is 0. The van der Waals surface area contributed by atoms with Crippen LogP contribution < -0.4 is 0 Å². The number of halogens is 1. The maximum atomic E-state index is 14.1. The largest absolute Gasteiger partial charge is 0.368 e. The molecule has 142 valence electrons. The molecule has 3 heteroatoms. The number of benzene rings is 2. The highest BCUT2D eigenvalue weighted by Gasteiger charge is 2.41. The smallest absolute Gasteiger partial charge is 0.123 e. The van der Waals surface area contributed by atoms with E-state index >= 15 is 0 Å². The summed E-state index contributed by atoms with van der Waals surface area (Å²) in [5.41, 5.74) is 5.04. The number of nitrogens with zero attached hydrogens (tertiary/aromatic N) is 1. The van der Waals surface area contributed by atoms with Crippen molar-refractivity contribution in [3.63, 3.8) is 0 Å². The second-order valence-electron chi connectivity index (χ2n) is 8.72. The minimum absolute atomic E-state index is 0.0203. The molecule has 0 aromatic heterocycles. The van der Waals surface area contributed by atoms with Crippen LogP contribution in [-0.2, 0) is 11.2 Å². The van der Waals surface area contributed by atoms with Crippen molar-refractivity contribution in [2.24, 2.45) is 5.92 Å². The molecule has 0 N–H and O–H groups in total. The second-order valence-corrected chi connectivity index (χ2v) is 8.72. The standard InChI is InChI=1S/C24H28FNO/c1-16-8-10-26(11-9-16)15-20-14-23-21-5-3-2-4-17(21)12-18-6-7-19(25)13-22(18)24(23)27-20/h2-7,13,16,20,23-24H,8-12,14-15H2,1H3/t20-,23-,24-/m1/s1. The Morgan fingerprint density at radius 2 is 1.81 bits per heavy atom. The molecular weight excluding hydrogens is 337 g/mol. The van der Waals surface area contributed by atoms with Gasteiger partial charge in [0, 0.05) is 12.5 Å². The van der Waals surface area contributed by atoms with Gasteiger partial charge in [-0.05, 0) is 79.1 Å². The molecule has 2 aromatic carbocycles. The van der Waals surface area contributed by atoms with E-state index in [0.717, 1.165) is 30.9 Å². The quantitative estimate of drug-likeness (QED) is 0.736. The molecule has 2 aliphatic heterocycles. The fraction of sp³-hybridized carbons (Fsp3) is 0.500. The molecule has 2 fully saturated rings. The molecule has 3 aliphatic rings. The van der Waals surface area contributed by atoms with Crippen LogP contribution in [0.25, 0.3) is 0 Å². The summed E-state index contributed by atoms with van der Waals surface area (Å²) in [5, 5.41) is 0. The van der Waals surface area contributed by atoms with Crippen molar-refractivity contribution in [2.75, 3.05) is 19.6 Å². The lowest BCUT2D eigenvalue weighted by molar-refractivity contribution is 0.0133. The molecule has 1 aliphatic carbocycles. The zero-order chi connectivity index (χ0) is 18.4. The number of ether oxygens (including phenoxy) is 1. The van der Waals surface area contributed by atoms with Gasteiger partial charge in [0.25, 0.3) is 0 Å². The Balaban J connectivity index is 1.45. The van der Waals surface area contributed by atoms with Gasteiger partial charge in [-0.1, -0.05) is 37.3 Å². The highest BCUT2D eigenvalue weighted by atomic mass is 19.1. The van der Waals surface area contributed by atoms with Gasteiger partial charge in [-0.25, -0.2) is 4.39 Å². The summed E-state index contributed by atoms with van der Waals surface area (Å²) in [6.45, 7) is 5.72. The highest BCUT2D eigenvalue weighted by Crippen LogP contribution is 2.49. The van der Waals surface area contributed by atoms with Crippen molar-refractivity contribution in [3.8, 4) is 0 Å². The summed E-state index contributed by atoms with van der Waals surface area (Å²) < 4.78 is 20.7. The fourth-order valence-corrected chi connectivity index (χ4v) is 5.25. The summed E-state index contributed by atoms with van der Waals surface area (Å²) in [6.07, 6.45) is 4.69. The lowest BCUT2D eigenvalue weighted by Crippen LogP contribution is -2.38. The van der Waals surface area contributed by atoms with Crippen LogP contribution in [0.3, 0.4) is 0 Å². The molecule has 2 aromatic rings. The van der Waals surface area contributed by atoms with Crippen LogP contribution in [0.1, 0.15) is 60.5 Å². The third-order valence-electron chi connectivity index (χ3n) is 6.81. The Morgan fingerprint density at radius 3 is 2.67 bits per heavy atom. The van der Waals surface area contributed by atoms with Gasteiger partial charge >= 0.3 is 0 Å². The van der Waals surface area contributed by atoms with E-state index in [4.69, 9.17) is 4.74 Å². The van der Waals surface area contributed by atoms with Gasteiger partial charge in [0.2, 0.25) is 0 Å². The summed E-state index contributed by atoms with van der Waals surface area (Å²) in [7, 11) is 0. The van der Waals surface area contributed by atoms with Gasteiger partial charge in [0.05, 0.1) is 12.2 Å². The van der Waals surface area contributed by atoms with E-state index in [1.54, 1.807) is 12.1 Å². The number of likely N-dealkylation sites (tertiary alicyclic amines) is 1. The lowest BCUT2D eigenvalue weighted by Gasteiger charge is -2.32. The van der Waals surface area contributed by atoms with Crippen molar-refractivity contribution >= 4 is 0 Å². The van der Waals surface area contributed by atoms with Crippen LogP contribution in [0.15, 0.2) is 42.5 Å². The number of fused-ring (bicyclic) bond motifs is 5. The molecule has 2 saturated heterocycles. The van der Waals surface area contributed by atoms with Crippen LogP contribution in [0.2, 0.25) is 0 Å². The maximum Gasteiger partial charge on any atom is 0.123 e. The SMILES string of the molecule is CC1CCN(C[C@H]2C[C@@H]3c4ccccc4Cc4ccc(F)cc4[C@H]3O2)CC1. The van der Waals surface area contributed by atoms with E-state index in [2.05, 4.69) is 36.1 Å². The maximum absolute atomic E-state index is 14.1. The zero-order valence-corrected chi connectivity index (χ0v) is 16.0. The van der Waals surface area contributed by atoms with Crippen LogP contribution in [0.5, 0.6) is 0 Å². The molecule has 0 bridgehead atoms. The Kier molecular flexibility index (Phi) is 4.53. The summed E-state index contributed by atoms with van der Waals surface area (Å²) in [5.74, 6) is 1.02. The average Bonchev–Trinajstić information content (AvgIpc) is 3.04. The monoisotopic (exact) mass is 365 g/mol. The van der Waals surface area contributed by atoms with E-state index < -0.39 is 0 Å². The van der Waals surface area contributed by atoms with Gasteiger partial charge in [0.15, 0.2) is 0 Å². The van der Waals surface area contributed by atoms with E-state index in [1.807, 2.05) is 6.07 Å². The molecule has 0 amide bonds. The summed E-state index contributed by atoms with van der Waals surface area (Å²) in [6, 6.07) is 14.0. The van der Waals surface area contributed by atoms with Crippen molar-refractivity contribution < 1.29 is 9.13 Å². The van der Waals surface area contributed by atoms with E-state index in [0.29, 0.717) is 5.92 Å². The topological polar surface area (TPSA) is 12.5 Å². The van der Waals surface area contributed by atoms with Crippen molar-refractivity contribution in [1.29, 1.82) is 0 Å².